The van der Waals surface area contributed by atoms with E-state index >= 15 is 0 Å². The zero-order valence-corrected chi connectivity index (χ0v) is 18.4. The molecule has 31 heavy (non-hydrogen) atoms. The molecule has 1 aliphatic heterocycles. The second-order valence-electron chi connectivity index (χ2n) is 8.07. The highest BCUT2D eigenvalue weighted by Crippen LogP contribution is 2.26. The van der Waals surface area contributed by atoms with Crippen LogP contribution in [0.2, 0.25) is 0 Å². The minimum Gasteiger partial charge on any atom is -0.353 e. The van der Waals surface area contributed by atoms with Crippen LogP contribution in [-0.2, 0) is 24.1 Å². The van der Waals surface area contributed by atoms with E-state index in [1.807, 2.05) is 48.2 Å². The summed E-state index contributed by atoms with van der Waals surface area (Å²) in [6.07, 6.45) is 2.17. The van der Waals surface area contributed by atoms with E-state index in [4.69, 9.17) is 9.97 Å². The summed E-state index contributed by atoms with van der Waals surface area (Å²) >= 11 is 0. The lowest BCUT2D eigenvalue weighted by molar-refractivity contribution is -0.130. The van der Waals surface area contributed by atoms with Crippen LogP contribution < -0.4 is 4.90 Å². The number of rotatable bonds is 6. The topological polar surface area (TPSA) is 49.3 Å². The monoisotopic (exact) mass is 414 g/mol. The second-order valence-corrected chi connectivity index (χ2v) is 8.07. The average Bonchev–Trinajstić information content (AvgIpc) is 2.81. The van der Waals surface area contributed by atoms with Crippen molar-refractivity contribution in [1.29, 1.82) is 0 Å². The van der Waals surface area contributed by atoms with E-state index in [1.165, 1.54) is 11.1 Å². The van der Waals surface area contributed by atoms with Crippen molar-refractivity contribution in [2.75, 3.05) is 31.1 Å². The van der Waals surface area contributed by atoms with Crippen molar-refractivity contribution in [2.45, 2.75) is 33.1 Å². The fourth-order valence-electron chi connectivity index (χ4n) is 4.22. The van der Waals surface area contributed by atoms with Crippen molar-refractivity contribution in [3.63, 3.8) is 0 Å². The van der Waals surface area contributed by atoms with Gasteiger partial charge in [-0.2, -0.15) is 0 Å². The van der Waals surface area contributed by atoms with Crippen molar-refractivity contribution < 1.29 is 4.79 Å². The van der Waals surface area contributed by atoms with Gasteiger partial charge in [0.1, 0.15) is 11.6 Å². The summed E-state index contributed by atoms with van der Waals surface area (Å²) in [6, 6.07) is 20.5. The summed E-state index contributed by atoms with van der Waals surface area (Å²) in [5, 5.41) is 0. The van der Waals surface area contributed by atoms with Crippen LogP contribution in [-0.4, -0.2) is 47.0 Å². The molecule has 0 bridgehead atoms. The Morgan fingerprint density at radius 1 is 0.871 bits per heavy atom. The van der Waals surface area contributed by atoms with E-state index < -0.39 is 0 Å². The molecule has 0 unspecified atom stereocenters. The first-order valence-corrected chi connectivity index (χ1v) is 11.1. The average molecular weight is 415 g/mol. The summed E-state index contributed by atoms with van der Waals surface area (Å²) in [6.45, 7) is 7.15. The van der Waals surface area contributed by atoms with Gasteiger partial charge in [0.2, 0.25) is 5.91 Å². The number of piperazine rings is 1. The number of anilines is 1. The zero-order valence-electron chi connectivity index (χ0n) is 18.4. The van der Waals surface area contributed by atoms with Crippen LogP contribution in [0.3, 0.4) is 0 Å². The fourth-order valence-corrected chi connectivity index (χ4v) is 4.22. The highest BCUT2D eigenvalue weighted by molar-refractivity contribution is 5.79. The molecule has 0 spiro atoms. The lowest BCUT2D eigenvalue weighted by atomic mass is 10.0. The quantitative estimate of drug-likeness (QED) is 0.615. The predicted molar refractivity (Wildman–Crippen MR) is 124 cm³/mol. The molecule has 0 N–H and O–H groups in total. The Bertz CT molecular complexity index is 1010. The van der Waals surface area contributed by atoms with Crippen molar-refractivity contribution >= 4 is 11.7 Å². The van der Waals surface area contributed by atoms with Gasteiger partial charge in [-0.25, -0.2) is 9.97 Å². The van der Waals surface area contributed by atoms with Crippen LogP contribution in [0.5, 0.6) is 0 Å². The minimum atomic E-state index is 0.198. The molecule has 1 aliphatic rings. The molecule has 160 valence electrons. The Morgan fingerprint density at radius 3 is 2.10 bits per heavy atom. The third kappa shape index (κ3) is 5.10. The van der Waals surface area contributed by atoms with Gasteiger partial charge >= 0.3 is 0 Å². The van der Waals surface area contributed by atoms with E-state index in [0.29, 0.717) is 6.42 Å². The molecule has 0 saturated carbocycles. The molecule has 1 aromatic heterocycles. The van der Waals surface area contributed by atoms with Crippen LogP contribution in [0.25, 0.3) is 0 Å². The van der Waals surface area contributed by atoms with Crippen LogP contribution in [0, 0.1) is 6.92 Å². The molecule has 0 radical (unpaired) electrons. The van der Waals surface area contributed by atoms with E-state index in [1.54, 1.807) is 0 Å². The summed E-state index contributed by atoms with van der Waals surface area (Å²) in [4.78, 5) is 26.6. The molecule has 1 saturated heterocycles. The molecule has 2 aromatic carbocycles. The molecule has 2 heterocycles. The van der Waals surface area contributed by atoms with Gasteiger partial charge in [-0.15, -0.1) is 0 Å². The molecular formula is C26H30N4O. The van der Waals surface area contributed by atoms with Gasteiger partial charge in [-0.3, -0.25) is 4.79 Å². The summed E-state index contributed by atoms with van der Waals surface area (Å²) in [5.74, 6) is 2.04. The highest BCUT2D eigenvalue weighted by Gasteiger charge is 2.25. The van der Waals surface area contributed by atoms with Crippen LogP contribution in [0.1, 0.15) is 35.1 Å². The maximum absolute atomic E-state index is 12.8. The van der Waals surface area contributed by atoms with Crippen LogP contribution in [0.4, 0.5) is 5.82 Å². The maximum Gasteiger partial charge on any atom is 0.227 e. The Balaban J connectivity index is 1.50. The SMILES string of the molecule is CCc1nc(C)nc(N2CCN(C(=O)Cc3ccccc3)CC2)c1Cc1ccccc1. The molecule has 3 aromatic rings. The molecule has 1 amide bonds. The predicted octanol–water partition coefficient (Wildman–Crippen LogP) is 3.83. The number of carbonyl (C=O) groups excluding carboxylic acids is 1. The first-order valence-electron chi connectivity index (χ1n) is 11.1. The van der Waals surface area contributed by atoms with Gasteiger partial charge in [0, 0.05) is 43.9 Å². The van der Waals surface area contributed by atoms with Gasteiger partial charge in [-0.05, 0) is 24.5 Å². The largest absolute Gasteiger partial charge is 0.353 e. The maximum atomic E-state index is 12.8. The standard InChI is InChI=1S/C26H30N4O/c1-3-24-23(18-21-10-6-4-7-11-21)26(28-20(2)27-24)30-16-14-29(15-17-30)25(31)19-22-12-8-5-9-13-22/h4-13H,3,14-19H2,1-2H3. The van der Waals surface area contributed by atoms with Gasteiger partial charge in [0.15, 0.2) is 0 Å². The van der Waals surface area contributed by atoms with E-state index in [0.717, 1.165) is 61.9 Å². The minimum absolute atomic E-state index is 0.198. The molecule has 5 heteroatoms. The molecule has 4 rings (SSSR count). The van der Waals surface area contributed by atoms with Crippen molar-refractivity contribution in [3.8, 4) is 0 Å². The summed E-state index contributed by atoms with van der Waals surface area (Å²) in [5.41, 5.74) is 4.67. The third-order valence-corrected chi connectivity index (χ3v) is 5.87. The van der Waals surface area contributed by atoms with Crippen molar-refractivity contribution in [1.82, 2.24) is 14.9 Å². The van der Waals surface area contributed by atoms with E-state index in [9.17, 15) is 4.79 Å². The number of benzene rings is 2. The third-order valence-electron chi connectivity index (χ3n) is 5.87. The summed E-state index contributed by atoms with van der Waals surface area (Å²) in [7, 11) is 0. The van der Waals surface area contributed by atoms with Gasteiger partial charge in [0.25, 0.3) is 0 Å². The smallest absolute Gasteiger partial charge is 0.227 e. The van der Waals surface area contributed by atoms with Gasteiger partial charge in [-0.1, -0.05) is 67.6 Å². The number of carbonyl (C=O) groups is 1. The molecule has 0 aliphatic carbocycles. The second kappa shape index (κ2) is 9.73. The molecule has 0 atom stereocenters. The number of aromatic nitrogens is 2. The van der Waals surface area contributed by atoms with E-state index in [2.05, 4.69) is 36.1 Å². The molecule has 5 nitrogen and oxygen atoms in total. The first-order chi connectivity index (χ1) is 15.1. The van der Waals surface area contributed by atoms with Gasteiger partial charge in [0.05, 0.1) is 6.42 Å². The lowest BCUT2D eigenvalue weighted by Gasteiger charge is -2.36. The van der Waals surface area contributed by atoms with E-state index in [-0.39, 0.29) is 5.91 Å². The van der Waals surface area contributed by atoms with Crippen molar-refractivity contribution in [3.05, 3.63) is 88.9 Å². The normalized spacial score (nSPS) is 14.0. The summed E-state index contributed by atoms with van der Waals surface area (Å²) < 4.78 is 0. The number of amides is 1. The number of nitrogens with zero attached hydrogens (tertiary/aromatic N) is 4. The number of aryl methyl sites for hydroxylation is 2. The first kappa shape index (κ1) is 21.0. The fraction of sp³-hybridized carbons (Fsp3) is 0.346. The number of hydrogen-bond acceptors (Lipinski definition) is 4. The zero-order chi connectivity index (χ0) is 21.6. The lowest BCUT2D eigenvalue weighted by Crippen LogP contribution is -2.49. The van der Waals surface area contributed by atoms with Crippen molar-refractivity contribution in [2.24, 2.45) is 0 Å². The van der Waals surface area contributed by atoms with Crippen LogP contribution in [0.15, 0.2) is 60.7 Å². The highest BCUT2D eigenvalue weighted by atomic mass is 16.2. The van der Waals surface area contributed by atoms with Crippen LogP contribution >= 0.6 is 0 Å². The molecular weight excluding hydrogens is 384 g/mol. The number of hydrogen-bond donors (Lipinski definition) is 0. The Kier molecular flexibility index (Phi) is 6.60. The Morgan fingerprint density at radius 2 is 1.48 bits per heavy atom. The Hall–Kier alpha value is -3.21. The molecule has 1 fully saturated rings. The Labute approximate surface area is 184 Å². The van der Waals surface area contributed by atoms with Gasteiger partial charge < -0.3 is 9.80 Å².